The molecule has 0 amide bonds. The molecule has 0 saturated carbocycles. The van der Waals surface area contributed by atoms with Gasteiger partial charge in [-0.1, -0.05) is 13.8 Å². The van der Waals surface area contributed by atoms with E-state index in [1.54, 1.807) is 0 Å². The molecule has 1 aliphatic rings. The Kier molecular flexibility index (Phi) is 5.72. The van der Waals surface area contributed by atoms with Crippen LogP contribution in [0.1, 0.15) is 26.7 Å². The number of aliphatic carboxylic acids is 1. The summed E-state index contributed by atoms with van der Waals surface area (Å²) in [6.45, 7) is 4.35. The number of rotatable bonds is 6. The van der Waals surface area contributed by atoms with Crippen LogP contribution in [0.4, 0.5) is 0 Å². The van der Waals surface area contributed by atoms with E-state index in [0.717, 1.165) is 6.42 Å². The van der Waals surface area contributed by atoms with Crippen LogP contribution in [0.5, 0.6) is 0 Å². The Morgan fingerprint density at radius 1 is 1.37 bits per heavy atom. The minimum absolute atomic E-state index is 0.145. The number of nitrogens with zero attached hydrogens (tertiary/aromatic N) is 1. The third-order valence-corrected chi connectivity index (χ3v) is 4.74. The predicted octanol–water partition coefficient (Wildman–Crippen LogP) is -0.366. The van der Waals surface area contributed by atoms with Crippen LogP contribution in [0.2, 0.25) is 0 Å². The van der Waals surface area contributed by atoms with Crippen LogP contribution >= 0.6 is 0 Å². The minimum atomic E-state index is -3.82. The topological polar surface area (TPSA) is 107 Å². The highest BCUT2D eigenvalue weighted by molar-refractivity contribution is 7.87. The molecule has 0 aromatic rings. The summed E-state index contributed by atoms with van der Waals surface area (Å²) in [5, 5.41) is 17.7. The van der Waals surface area contributed by atoms with Crippen LogP contribution in [0.15, 0.2) is 0 Å². The van der Waals surface area contributed by atoms with Gasteiger partial charge in [-0.15, -0.1) is 0 Å². The van der Waals surface area contributed by atoms with E-state index in [-0.39, 0.29) is 24.9 Å². The summed E-state index contributed by atoms with van der Waals surface area (Å²) in [5.74, 6) is -0.779. The fourth-order valence-corrected chi connectivity index (χ4v) is 4.05. The van der Waals surface area contributed by atoms with Gasteiger partial charge in [-0.3, -0.25) is 4.79 Å². The van der Waals surface area contributed by atoms with Crippen LogP contribution in [0.3, 0.4) is 0 Å². The van der Waals surface area contributed by atoms with Crippen molar-refractivity contribution in [2.24, 2.45) is 11.8 Å². The van der Waals surface area contributed by atoms with Gasteiger partial charge >= 0.3 is 5.97 Å². The van der Waals surface area contributed by atoms with Crippen LogP contribution in [-0.4, -0.2) is 54.6 Å². The van der Waals surface area contributed by atoms with Gasteiger partial charge in [0.25, 0.3) is 10.2 Å². The molecule has 0 aromatic heterocycles. The number of carboxylic acids is 1. The molecule has 0 bridgehead atoms. The molecule has 112 valence electrons. The van der Waals surface area contributed by atoms with E-state index in [9.17, 15) is 13.2 Å². The quantitative estimate of drug-likeness (QED) is 0.620. The largest absolute Gasteiger partial charge is 0.480 e. The number of hydrogen-bond donors (Lipinski definition) is 3. The molecule has 1 fully saturated rings. The second-order valence-electron chi connectivity index (χ2n) is 5.29. The molecule has 1 saturated heterocycles. The fourth-order valence-electron chi connectivity index (χ4n) is 2.42. The van der Waals surface area contributed by atoms with Gasteiger partial charge in [-0.05, 0) is 24.7 Å². The summed E-state index contributed by atoms with van der Waals surface area (Å²) < 4.78 is 27.7. The molecule has 8 heteroatoms. The number of piperidine rings is 1. The van der Waals surface area contributed by atoms with E-state index in [2.05, 4.69) is 4.72 Å². The Morgan fingerprint density at radius 3 is 2.32 bits per heavy atom. The van der Waals surface area contributed by atoms with E-state index in [1.807, 2.05) is 13.8 Å². The van der Waals surface area contributed by atoms with Crippen LogP contribution in [0, 0.1) is 11.8 Å². The van der Waals surface area contributed by atoms with Gasteiger partial charge in [0.05, 0.1) is 0 Å². The molecular formula is C11H22N2O5S. The summed E-state index contributed by atoms with van der Waals surface area (Å²) in [5.41, 5.74) is 0. The fraction of sp³-hybridized carbons (Fsp3) is 0.909. The van der Waals surface area contributed by atoms with Crippen molar-refractivity contribution in [2.45, 2.75) is 32.7 Å². The first-order valence-electron chi connectivity index (χ1n) is 6.37. The molecule has 0 aliphatic carbocycles. The van der Waals surface area contributed by atoms with Gasteiger partial charge in [-0.2, -0.15) is 17.4 Å². The van der Waals surface area contributed by atoms with Crippen molar-refractivity contribution >= 4 is 16.2 Å². The molecule has 3 atom stereocenters. The lowest BCUT2D eigenvalue weighted by atomic mass is 9.94. The number of aliphatic hydroxyl groups is 1. The number of aliphatic hydroxyl groups excluding tert-OH is 1. The van der Waals surface area contributed by atoms with E-state index in [0.29, 0.717) is 13.1 Å². The van der Waals surface area contributed by atoms with Crippen molar-refractivity contribution in [2.75, 3.05) is 19.7 Å². The van der Waals surface area contributed by atoms with E-state index in [1.165, 1.54) is 4.31 Å². The SMILES string of the molecule is CC1CC(C)CN(S(=O)(=O)N[C@H](CCO)C(=O)O)C1. The van der Waals surface area contributed by atoms with Gasteiger partial charge in [0.15, 0.2) is 0 Å². The normalized spacial score (nSPS) is 27.1. The van der Waals surface area contributed by atoms with Crippen molar-refractivity contribution in [3.8, 4) is 0 Å². The molecule has 2 unspecified atom stereocenters. The molecule has 19 heavy (non-hydrogen) atoms. The van der Waals surface area contributed by atoms with Gasteiger partial charge in [0.2, 0.25) is 0 Å². The lowest BCUT2D eigenvalue weighted by Crippen LogP contribution is -2.52. The molecule has 1 heterocycles. The molecule has 3 N–H and O–H groups in total. The van der Waals surface area contributed by atoms with Crippen molar-refractivity contribution in [1.29, 1.82) is 0 Å². The molecule has 0 radical (unpaired) electrons. The van der Waals surface area contributed by atoms with Gasteiger partial charge in [-0.25, -0.2) is 0 Å². The Hall–Kier alpha value is -0.700. The Morgan fingerprint density at radius 2 is 1.89 bits per heavy atom. The summed E-state index contributed by atoms with van der Waals surface area (Å²) in [4.78, 5) is 10.9. The number of nitrogens with one attached hydrogen (secondary N) is 1. The van der Waals surface area contributed by atoms with E-state index >= 15 is 0 Å². The maximum atomic E-state index is 12.1. The molecular weight excluding hydrogens is 272 g/mol. The van der Waals surface area contributed by atoms with Crippen LogP contribution in [-0.2, 0) is 15.0 Å². The van der Waals surface area contributed by atoms with E-state index < -0.39 is 22.2 Å². The van der Waals surface area contributed by atoms with Crippen molar-refractivity contribution < 1.29 is 23.4 Å². The highest BCUT2D eigenvalue weighted by Crippen LogP contribution is 2.22. The smallest absolute Gasteiger partial charge is 0.321 e. The van der Waals surface area contributed by atoms with Crippen molar-refractivity contribution in [1.82, 2.24) is 9.03 Å². The lowest BCUT2D eigenvalue weighted by Gasteiger charge is -2.34. The molecule has 0 spiro atoms. The summed E-state index contributed by atoms with van der Waals surface area (Å²) in [6, 6.07) is -1.29. The first-order chi connectivity index (χ1) is 8.76. The average Bonchev–Trinajstić information content (AvgIpc) is 2.26. The molecule has 7 nitrogen and oxygen atoms in total. The maximum Gasteiger partial charge on any atom is 0.321 e. The second kappa shape index (κ2) is 6.65. The Bertz CT molecular complexity index is 401. The van der Waals surface area contributed by atoms with Crippen molar-refractivity contribution in [3.05, 3.63) is 0 Å². The minimum Gasteiger partial charge on any atom is -0.480 e. The first kappa shape index (κ1) is 16.4. The maximum absolute atomic E-state index is 12.1. The van der Waals surface area contributed by atoms with Gasteiger partial charge in [0, 0.05) is 19.7 Å². The van der Waals surface area contributed by atoms with Gasteiger partial charge < -0.3 is 10.2 Å². The number of carbonyl (C=O) groups is 1. The third kappa shape index (κ3) is 4.72. The molecule has 0 aromatic carbocycles. The standard InChI is InChI=1S/C11H22N2O5S/c1-8-5-9(2)7-13(6-8)19(17,18)12-10(3-4-14)11(15)16/h8-10,12,14H,3-7H2,1-2H3,(H,15,16)/t8?,9?,10-/m1/s1. The zero-order valence-electron chi connectivity index (χ0n) is 11.2. The number of hydrogen-bond acceptors (Lipinski definition) is 4. The zero-order chi connectivity index (χ0) is 14.6. The van der Waals surface area contributed by atoms with Gasteiger partial charge in [0.1, 0.15) is 6.04 Å². The summed E-state index contributed by atoms with van der Waals surface area (Å²) in [7, 11) is -3.82. The molecule has 1 rings (SSSR count). The van der Waals surface area contributed by atoms with E-state index in [4.69, 9.17) is 10.2 Å². The Balaban J connectivity index is 2.76. The average molecular weight is 294 g/mol. The number of carboxylic acid groups (broad SMARTS) is 1. The summed E-state index contributed by atoms with van der Waals surface area (Å²) in [6.07, 6.45) is 0.818. The molecule has 1 aliphatic heterocycles. The highest BCUT2D eigenvalue weighted by Gasteiger charge is 2.33. The van der Waals surface area contributed by atoms with Crippen LogP contribution in [0.25, 0.3) is 0 Å². The van der Waals surface area contributed by atoms with Crippen LogP contribution < -0.4 is 4.72 Å². The highest BCUT2D eigenvalue weighted by atomic mass is 32.2. The van der Waals surface area contributed by atoms with Crippen molar-refractivity contribution in [3.63, 3.8) is 0 Å². The summed E-state index contributed by atoms with van der Waals surface area (Å²) >= 11 is 0. The lowest BCUT2D eigenvalue weighted by molar-refractivity contribution is -0.139. The Labute approximate surface area is 113 Å². The predicted molar refractivity (Wildman–Crippen MR) is 69.7 cm³/mol. The second-order valence-corrected chi connectivity index (χ2v) is 6.99. The zero-order valence-corrected chi connectivity index (χ0v) is 12.1. The third-order valence-electron chi connectivity index (χ3n) is 3.18. The monoisotopic (exact) mass is 294 g/mol. The first-order valence-corrected chi connectivity index (χ1v) is 7.81.